The van der Waals surface area contributed by atoms with Crippen LogP contribution in [-0.2, 0) is 42.4 Å². The lowest BCUT2D eigenvalue weighted by molar-refractivity contribution is -0.165. The molecule has 3 aliphatic rings. The number of nitrogens with zero attached hydrogens (tertiary/aromatic N) is 2. The number of carbonyl (C=O) groups is 6. The van der Waals surface area contributed by atoms with E-state index in [2.05, 4.69) is 5.32 Å². The fourth-order valence-corrected chi connectivity index (χ4v) is 5.77. The Morgan fingerprint density at radius 2 is 1.74 bits per heavy atom. The average molecular weight is 643 g/mol. The van der Waals surface area contributed by atoms with Crippen LogP contribution in [0.15, 0.2) is 42.5 Å². The first-order valence-electron chi connectivity index (χ1n) is 14.8. The highest BCUT2D eigenvalue weighted by Crippen LogP contribution is 2.58. The van der Waals surface area contributed by atoms with Crippen LogP contribution in [0.25, 0.3) is 0 Å². The van der Waals surface area contributed by atoms with Crippen LogP contribution in [-0.4, -0.2) is 70.2 Å². The monoisotopic (exact) mass is 642 g/mol. The third-order valence-corrected chi connectivity index (χ3v) is 8.92. The van der Waals surface area contributed by atoms with Crippen molar-refractivity contribution in [1.29, 1.82) is 0 Å². The number of ether oxygens (including phenoxy) is 1. The van der Waals surface area contributed by atoms with E-state index in [1.807, 2.05) is 0 Å². The number of benzene rings is 2. The van der Waals surface area contributed by atoms with Gasteiger partial charge in [-0.05, 0) is 47.9 Å². The first kappa shape index (κ1) is 32.8. The van der Waals surface area contributed by atoms with Crippen molar-refractivity contribution in [3.8, 4) is 0 Å². The van der Waals surface area contributed by atoms with Gasteiger partial charge in [0.05, 0.1) is 5.41 Å². The second-order valence-electron chi connectivity index (χ2n) is 12.1. The lowest BCUT2D eigenvalue weighted by atomic mass is 9.94. The van der Waals surface area contributed by atoms with Crippen molar-refractivity contribution in [2.24, 2.45) is 11.7 Å². The zero-order valence-corrected chi connectivity index (χ0v) is 25.2. The molecule has 14 heteroatoms. The molecule has 1 unspecified atom stereocenters. The van der Waals surface area contributed by atoms with E-state index < -0.39 is 65.8 Å². The zero-order valence-electron chi connectivity index (χ0n) is 25.2. The highest BCUT2D eigenvalue weighted by molar-refractivity contribution is 6.42. The molecule has 0 radical (unpaired) electrons. The van der Waals surface area contributed by atoms with Crippen LogP contribution in [0.2, 0.25) is 0 Å². The van der Waals surface area contributed by atoms with Crippen LogP contribution >= 0.6 is 0 Å². The number of hydrogen-bond donors (Lipinski definition) is 2. The summed E-state index contributed by atoms with van der Waals surface area (Å²) in [7, 11) is 0. The molecule has 0 aromatic heterocycles. The van der Waals surface area contributed by atoms with Gasteiger partial charge < -0.3 is 20.7 Å². The molecule has 0 spiro atoms. The summed E-state index contributed by atoms with van der Waals surface area (Å²) in [6, 6.07) is 7.71. The molecule has 2 atom stereocenters. The summed E-state index contributed by atoms with van der Waals surface area (Å²) in [6.45, 7) is 2.67. The minimum absolute atomic E-state index is 0.00692. The summed E-state index contributed by atoms with van der Waals surface area (Å²) in [4.78, 5) is 78.9. The molecule has 244 valence electrons. The van der Waals surface area contributed by atoms with Crippen LogP contribution < -0.4 is 11.1 Å². The van der Waals surface area contributed by atoms with E-state index in [1.54, 1.807) is 32.0 Å². The quantitative estimate of drug-likeness (QED) is 0.174. The molecule has 3 N–H and O–H groups in total. The molecule has 46 heavy (non-hydrogen) atoms. The van der Waals surface area contributed by atoms with Crippen molar-refractivity contribution in [1.82, 2.24) is 15.1 Å². The third-order valence-electron chi connectivity index (χ3n) is 8.92. The number of nitrogens with two attached hydrogens (primary N) is 1. The molecule has 1 saturated carbocycles. The smallest absolute Gasteiger partial charge is 0.398 e. The van der Waals surface area contributed by atoms with Gasteiger partial charge in [-0.3, -0.25) is 28.8 Å². The molecule has 11 nitrogen and oxygen atoms in total. The van der Waals surface area contributed by atoms with E-state index in [0.29, 0.717) is 11.1 Å². The van der Waals surface area contributed by atoms with Crippen LogP contribution in [0.5, 0.6) is 0 Å². The van der Waals surface area contributed by atoms with Gasteiger partial charge in [-0.2, -0.15) is 13.2 Å². The molecule has 4 amide bonds. The molecule has 2 heterocycles. The summed E-state index contributed by atoms with van der Waals surface area (Å²) in [5, 5.41) is 2.51. The number of esters is 1. The maximum absolute atomic E-state index is 13.4. The van der Waals surface area contributed by atoms with Crippen molar-refractivity contribution in [3.05, 3.63) is 70.3 Å². The maximum atomic E-state index is 13.4. The normalized spacial score (nSPS) is 19.6. The van der Waals surface area contributed by atoms with Crippen LogP contribution in [0.4, 0.5) is 13.2 Å². The van der Waals surface area contributed by atoms with Crippen LogP contribution in [0.3, 0.4) is 0 Å². The minimum Gasteiger partial charge on any atom is -0.443 e. The fraction of sp³-hybridized carbons (Fsp3) is 0.438. The number of carbonyl (C=O) groups excluding carboxylic acids is 6. The van der Waals surface area contributed by atoms with E-state index in [0.717, 1.165) is 4.90 Å². The number of amides is 4. The van der Waals surface area contributed by atoms with Gasteiger partial charge in [-0.1, -0.05) is 50.2 Å². The lowest BCUT2D eigenvalue weighted by Crippen LogP contribution is -2.55. The third kappa shape index (κ3) is 6.00. The standard InChI is InChI=1S/C32H33F3N4O7/c1-17(2)25(36)30(45)46-16-39-24(40)11-10-23(29(39)44)38-15-22-19(4-3-5-21(22)28(38)43)14-37-27(42)26(41)18-6-8-20(9-7-18)31(12-13-31)32(33,34)35/h3-9,17,23,25H,10-16,36H2,1-2H3,(H,37,42)/t23?,25-/m1/s1. The van der Waals surface area contributed by atoms with E-state index >= 15 is 0 Å². The first-order valence-corrected chi connectivity index (χ1v) is 14.8. The molecular weight excluding hydrogens is 609 g/mol. The summed E-state index contributed by atoms with van der Waals surface area (Å²) in [5.41, 5.74) is 5.19. The van der Waals surface area contributed by atoms with Crippen molar-refractivity contribution < 1.29 is 46.7 Å². The van der Waals surface area contributed by atoms with Gasteiger partial charge in [-0.25, -0.2) is 4.90 Å². The molecule has 2 aromatic carbocycles. The average Bonchev–Trinajstić information content (AvgIpc) is 3.78. The number of likely N-dealkylation sites (tertiary alicyclic amines) is 1. The van der Waals surface area contributed by atoms with E-state index in [1.165, 1.54) is 29.2 Å². The summed E-state index contributed by atoms with van der Waals surface area (Å²) >= 11 is 0. The topological polar surface area (TPSA) is 156 Å². The first-order chi connectivity index (χ1) is 21.7. The summed E-state index contributed by atoms with van der Waals surface area (Å²) in [6.07, 6.45) is -4.45. The Balaban J connectivity index is 1.22. The molecule has 2 fully saturated rings. The second kappa shape index (κ2) is 12.3. The van der Waals surface area contributed by atoms with Gasteiger partial charge in [-0.15, -0.1) is 0 Å². The number of piperidine rings is 1. The maximum Gasteiger partial charge on any atom is 0.398 e. The van der Waals surface area contributed by atoms with Gasteiger partial charge in [0.25, 0.3) is 17.7 Å². The Morgan fingerprint density at radius 1 is 1.07 bits per heavy atom. The molecule has 0 bridgehead atoms. The summed E-state index contributed by atoms with van der Waals surface area (Å²) in [5.74, 6) is -4.60. The molecule has 2 aromatic rings. The predicted octanol–water partition coefficient (Wildman–Crippen LogP) is 2.74. The number of hydrogen-bond acceptors (Lipinski definition) is 8. The van der Waals surface area contributed by atoms with Crippen molar-refractivity contribution in [2.45, 2.75) is 76.3 Å². The highest BCUT2D eigenvalue weighted by Gasteiger charge is 2.64. The van der Waals surface area contributed by atoms with Crippen LogP contribution in [0, 0.1) is 5.92 Å². The Morgan fingerprint density at radius 3 is 2.35 bits per heavy atom. The van der Waals surface area contributed by atoms with E-state index in [9.17, 15) is 41.9 Å². The molecular formula is C32H33F3N4O7. The van der Waals surface area contributed by atoms with Gasteiger partial charge in [0.15, 0.2) is 6.73 Å². The van der Waals surface area contributed by atoms with Gasteiger partial charge in [0, 0.05) is 30.6 Å². The van der Waals surface area contributed by atoms with Gasteiger partial charge in [0.1, 0.15) is 12.1 Å². The SMILES string of the molecule is CC(C)[C@@H](N)C(=O)OCN1C(=O)CCC(N2Cc3c(CNC(=O)C(=O)c4ccc(C5(C(F)(F)F)CC5)cc4)cccc3C2=O)C1=O. The molecule has 1 saturated heterocycles. The van der Waals surface area contributed by atoms with E-state index in [-0.39, 0.29) is 61.4 Å². The number of ketones is 1. The number of alkyl halides is 3. The Labute approximate surface area is 262 Å². The summed E-state index contributed by atoms with van der Waals surface area (Å²) < 4.78 is 45.4. The Kier molecular flexibility index (Phi) is 8.77. The molecule has 2 aliphatic heterocycles. The zero-order chi connectivity index (χ0) is 33.6. The van der Waals surface area contributed by atoms with Crippen molar-refractivity contribution >= 4 is 35.4 Å². The predicted molar refractivity (Wildman–Crippen MR) is 155 cm³/mol. The number of Topliss-reactive ketones (excluding diaryl/α,β-unsaturated/α-hetero) is 1. The van der Waals surface area contributed by atoms with Gasteiger partial charge >= 0.3 is 12.1 Å². The number of halogens is 3. The number of imide groups is 1. The van der Waals surface area contributed by atoms with Crippen molar-refractivity contribution in [2.75, 3.05) is 6.73 Å². The van der Waals surface area contributed by atoms with E-state index in [4.69, 9.17) is 10.5 Å². The number of fused-ring (bicyclic) bond motifs is 1. The molecule has 1 aliphatic carbocycles. The minimum atomic E-state index is -4.40. The molecule has 5 rings (SSSR count). The number of nitrogens with one attached hydrogen (secondary N) is 1. The van der Waals surface area contributed by atoms with Gasteiger partial charge in [0.2, 0.25) is 11.7 Å². The second-order valence-corrected chi connectivity index (χ2v) is 12.1. The number of rotatable bonds is 10. The highest BCUT2D eigenvalue weighted by atomic mass is 19.4. The lowest BCUT2D eigenvalue weighted by Gasteiger charge is -2.35. The fourth-order valence-electron chi connectivity index (χ4n) is 5.77. The van der Waals surface area contributed by atoms with Crippen molar-refractivity contribution in [3.63, 3.8) is 0 Å². The van der Waals surface area contributed by atoms with Crippen LogP contribution in [0.1, 0.15) is 76.9 Å². The largest absolute Gasteiger partial charge is 0.443 e. The Bertz CT molecular complexity index is 1600. The Hall–Kier alpha value is -4.59.